The number of hydrogen-bond donors (Lipinski definition) is 1. The number of nitrogens with zero attached hydrogens (tertiary/aromatic N) is 2. The third-order valence-electron chi connectivity index (χ3n) is 3.19. The van der Waals surface area contributed by atoms with E-state index in [1.54, 1.807) is 0 Å². The maximum atomic E-state index is 4.51. The first-order valence-corrected chi connectivity index (χ1v) is 7.36. The lowest BCUT2D eigenvalue weighted by atomic mass is 10.1. The second-order valence-corrected chi connectivity index (χ2v) is 5.25. The molecule has 0 fully saturated rings. The Bertz CT molecular complexity index is 347. The van der Waals surface area contributed by atoms with E-state index in [0.29, 0.717) is 6.04 Å². The molecule has 0 aliphatic heterocycles. The van der Waals surface area contributed by atoms with Crippen LogP contribution in [-0.4, -0.2) is 15.8 Å². The van der Waals surface area contributed by atoms with Gasteiger partial charge in [0.05, 0.1) is 15.9 Å². The van der Waals surface area contributed by atoms with E-state index in [4.69, 9.17) is 0 Å². The summed E-state index contributed by atoms with van der Waals surface area (Å²) in [6.07, 6.45) is 4.63. The van der Waals surface area contributed by atoms with E-state index >= 15 is 0 Å². The smallest absolute Gasteiger partial charge is 0.0767 e. The summed E-state index contributed by atoms with van der Waals surface area (Å²) in [6.45, 7) is 7.50. The number of rotatable bonds is 7. The van der Waals surface area contributed by atoms with Crippen molar-refractivity contribution in [2.75, 3.05) is 0 Å². The van der Waals surface area contributed by atoms with Gasteiger partial charge in [-0.1, -0.05) is 27.2 Å². The van der Waals surface area contributed by atoms with Crippen LogP contribution in [0.3, 0.4) is 0 Å². The van der Waals surface area contributed by atoms with Crippen molar-refractivity contribution in [3.63, 3.8) is 0 Å². The van der Waals surface area contributed by atoms with Crippen molar-refractivity contribution < 1.29 is 0 Å². The molecule has 1 aromatic rings. The highest BCUT2D eigenvalue weighted by molar-refractivity contribution is 9.10. The third kappa shape index (κ3) is 3.81. The molecule has 1 heterocycles. The van der Waals surface area contributed by atoms with Crippen LogP contribution < -0.4 is 5.32 Å². The second-order valence-electron chi connectivity index (χ2n) is 4.46. The zero-order valence-electron chi connectivity index (χ0n) is 11.4. The summed E-state index contributed by atoms with van der Waals surface area (Å²) in [5, 5.41) is 8.12. The highest BCUT2D eigenvalue weighted by Crippen LogP contribution is 2.21. The minimum Gasteiger partial charge on any atom is -0.308 e. The van der Waals surface area contributed by atoms with E-state index in [-0.39, 0.29) is 0 Å². The Balaban J connectivity index is 2.65. The van der Waals surface area contributed by atoms with Gasteiger partial charge in [0, 0.05) is 19.6 Å². The van der Waals surface area contributed by atoms with Crippen LogP contribution in [0.2, 0.25) is 0 Å². The molecule has 98 valence electrons. The minimum atomic E-state index is 0.617. The molecule has 3 nitrogen and oxygen atoms in total. The molecule has 17 heavy (non-hydrogen) atoms. The van der Waals surface area contributed by atoms with Gasteiger partial charge in [-0.3, -0.25) is 4.68 Å². The van der Waals surface area contributed by atoms with Gasteiger partial charge < -0.3 is 5.32 Å². The Morgan fingerprint density at radius 3 is 2.53 bits per heavy atom. The Morgan fingerprint density at radius 2 is 2.06 bits per heavy atom. The van der Waals surface area contributed by atoms with E-state index in [9.17, 15) is 0 Å². The van der Waals surface area contributed by atoms with Crippen LogP contribution in [0.4, 0.5) is 0 Å². The van der Waals surface area contributed by atoms with Gasteiger partial charge in [0.25, 0.3) is 0 Å². The van der Waals surface area contributed by atoms with Crippen molar-refractivity contribution in [1.29, 1.82) is 0 Å². The zero-order chi connectivity index (χ0) is 12.8. The van der Waals surface area contributed by atoms with Crippen molar-refractivity contribution >= 4 is 15.9 Å². The largest absolute Gasteiger partial charge is 0.308 e. The van der Waals surface area contributed by atoms with Crippen LogP contribution in [0, 0.1) is 0 Å². The van der Waals surface area contributed by atoms with Gasteiger partial charge in [-0.15, -0.1) is 0 Å². The monoisotopic (exact) mass is 301 g/mol. The molecule has 1 rings (SSSR count). The molecule has 1 atom stereocenters. The van der Waals surface area contributed by atoms with Gasteiger partial charge in [-0.25, -0.2) is 0 Å². The quantitative estimate of drug-likeness (QED) is 0.836. The minimum absolute atomic E-state index is 0.617. The third-order valence-corrected chi connectivity index (χ3v) is 4.11. The van der Waals surface area contributed by atoms with Crippen LogP contribution in [0.1, 0.15) is 51.4 Å². The van der Waals surface area contributed by atoms with E-state index in [1.165, 1.54) is 29.4 Å². The number of hydrogen-bond acceptors (Lipinski definition) is 2. The van der Waals surface area contributed by atoms with Gasteiger partial charge in [0.1, 0.15) is 0 Å². The average molecular weight is 302 g/mol. The van der Waals surface area contributed by atoms with E-state index in [1.807, 2.05) is 11.7 Å². The average Bonchev–Trinajstić information content (AvgIpc) is 2.60. The predicted octanol–water partition coefficient (Wildman–Crippen LogP) is 3.41. The molecule has 0 spiro atoms. The van der Waals surface area contributed by atoms with Gasteiger partial charge in [0.15, 0.2) is 0 Å². The van der Waals surface area contributed by atoms with Crippen molar-refractivity contribution in [2.24, 2.45) is 7.05 Å². The Kier molecular flexibility index (Phi) is 6.20. The number of aryl methyl sites for hydroxylation is 2. The summed E-state index contributed by atoms with van der Waals surface area (Å²) in [7, 11) is 2.02. The topological polar surface area (TPSA) is 29.9 Å². The van der Waals surface area contributed by atoms with Crippen molar-refractivity contribution in [2.45, 2.75) is 59.0 Å². The predicted molar refractivity (Wildman–Crippen MR) is 76.1 cm³/mol. The molecule has 0 radical (unpaired) electrons. The molecule has 0 aliphatic rings. The maximum absolute atomic E-state index is 4.51. The molecule has 1 N–H and O–H groups in total. The van der Waals surface area contributed by atoms with Crippen LogP contribution >= 0.6 is 15.9 Å². The van der Waals surface area contributed by atoms with Crippen LogP contribution in [-0.2, 0) is 20.0 Å². The highest BCUT2D eigenvalue weighted by atomic mass is 79.9. The molecule has 0 amide bonds. The number of halogens is 1. The van der Waals surface area contributed by atoms with Crippen LogP contribution in [0.25, 0.3) is 0 Å². The summed E-state index contributed by atoms with van der Waals surface area (Å²) in [5.74, 6) is 0. The van der Waals surface area contributed by atoms with Crippen molar-refractivity contribution in [3.05, 3.63) is 15.9 Å². The lowest BCUT2D eigenvalue weighted by molar-refractivity contribution is 0.453. The fourth-order valence-electron chi connectivity index (χ4n) is 2.05. The molecule has 0 aromatic carbocycles. The zero-order valence-corrected chi connectivity index (χ0v) is 13.0. The lowest BCUT2D eigenvalue weighted by Crippen LogP contribution is -2.28. The second kappa shape index (κ2) is 7.17. The molecule has 4 heteroatoms. The number of aromatic nitrogens is 2. The fourth-order valence-corrected chi connectivity index (χ4v) is 2.81. The first kappa shape index (κ1) is 14.7. The van der Waals surface area contributed by atoms with Gasteiger partial charge >= 0.3 is 0 Å². The van der Waals surface area contributed by atoms with Crippen LogP contribution in [0.5, 0.6) is 0 Å². The van der Waals surface area contributed by atoms with E-state index in [0.717, 1.165) is 18.7 Å². The van der Waals surface area contributed by atoms with Crippen LogP contribution in [0.15, 0.2) is 4.47 Å². The molecular weight excluding hydrogens is 278 g/mol. The molecule has 0 bridgehead atoms. The molecule has 1 unspecified atom stereocenters. The van der Waals surface area contributed by atoms with Gasteiger partial charge in [-0.05, 0) is 35.2 Å². The summed E-state index contributed by atoms with van der Waals surface area (Å²) in [4.78, 5) is 0. The Morgan fingerprint density at radius 1 is 1.35 bits per heavy atom. The summed E-state index contributed by atoms with van der Waals surface area (Å²) >= 11 is 3.65. The fraction of sp³-hybridized carbons (Fsp3) is 0.769. The Hall–Kier alpha value is -0.350. The molecular formula is C13H24BrN3. The standard InChI is InChI=1S/C13H24BrN3/c1-5-8-10(6-2)15-9-12-13(14)11(7-3)16-17(12)4/h10,15H,5-9H2,1-4H3. The van der Waals surface area contributed by atoms with Gasteiger partial charge in [0.2, 0.25) is 0 Å². The Labute approximate surface area is 113 Å². The first-order chi connectivity index (χ1) is 8.13. The maximum Gasteiger partial charge on any atom is 0.0767 e. The van der Waals surface area contributed by atoms with E-state index in [2.05, 4.69) is 47.1 Å². The first-order valence-electron chi connectivity index (χ1n) is 6.57. The molecule has 0 saturated carbocycles. The van der Waals surface area contributed by atoms with Gasteiger partial charge in [-0.2, -0.15) is 5.10 Å². The van der Waals surface area contributed by atoms with E-state index < -0.39 is 0 Å². The molecule has 0 saturated heterocycles. The van der Waals surface area contributed by atoms with Crippen molar-refractivity contribution in [3.8, 4) is 0 Å². The summed E-state index contributed by atoms with van der Waals surface area (Å²) in [5.41, 5.74) is 2.39. The molecule has 0 aliphatic carbocycles. The lowest BCUT2D eigenvalue weighted by Gasteiger charge is -2.16. The normalized spacial score (nSPS) is 13.0. The number of nitrogens with one attached hydrogen (secondary N) is 1. The van der Waals surface area contributed by atoms with Crippen molar-refractivity contribution in [1.82, 2.24) is 15.1 Å². The summed E-state index contributed by atoms with van der Waals surface area (Å²) < 4.78 is 3.15. The SMILES string of the molecule is CCCC(CC)NCc1c(Br)c(CC)nn1C. The highest BCUT2D eigenvalue weighted by Gasteiger charge is 2.13. The summed E-state index contributed by atoms with van der Waals surface area (Å²) in [6, 6.07) is 0.617. The molecule has 1 aromatic heterocycles.